The van der Waals surface area contributed by atoms with Gasteiger partial charge in [-0.3, -0.25) is 4.79 Å². The number of ketones is 1. The summed E-state index contributed by atoms with van der Waals surface area (Å²) < 4.78 is 5.13. The second-order valence-electron chi connectivity index (χ2n) is 5.62. The molecule has 1 heterocycles. The van der Waals surface area contributed by atoms with Crippen molar-refractivity contribution in [2.24, 2.45) is 0 Å². The van der Waals surface area contributed by atoms with Gasteiger partial charge in [-0.2, -0.15) is 0 Å². The second kappa shape index (κ2) is 6.24. The van der Waals surface area contributed by atoms with Crippen LogP contribution in [-0.2, 0) is 16.0 Å². The lowest BCUT2D eigenvalue weighted by atomic mass is 10.00. The zero-order valence-corrected chi connectivity index (χ0v) is 13.3. The summed E-state index contributed by atoms with van der Waals surface area (Å²) >= 11 is 0. The van der Waals surface area contributed by atoms with Gasteiger partial charge in [0.25, 0.3) is 0 Å². The second-order valence-corrected chi connectivity index (χ2v) is 5.62. The molecule has 2 aromatic carbocycles. The molecule has 1 unspecified atom stereocenters. The summed E-state index contributed by atoms with van der Waals surface area (Å²) in [6, 6.07) is 14.5. The SMILES string of the molecule is CCOC(=O)C1Cc2cc(C(=O)c3ccccc3)ccc2N1C. The summed E-state index contributed by atoms with van der Waals surface area (Å²) in [6.45, 7) is 2.17. The Kier molecular flexibility index (Phi) is 4.15. The molecule has 0 amide bonds. The molecule has 0 bridgehead atoms. The Morgan fingerprint density at radius 2 is 1.87 bits per heavy atom. The lowest BCUT2D eigenvalue weighted by Crippen LogP contribution is -2.37. The van der Waals surface area contributed by atoms with E-state index in [0.29, 0.717) is 24.2 Å². The van der Waals surface area contributed by atoms with Crippen molar-refractivity contribution >= 4 is 17.4 Å². The molecule has 2 aromatic rings. The van der Waals surface area contributed by atoms with Crippen molar-refractivity contribution < 1.29 is 14.3 Å². The third kappa shape index (κ3) is 2.84. The minimum atomic E-state index is -0.313. The molecule has 118 valence electrons. The smallest absolute Gasteiger partial charge is 0.329 e. The monoisotopic (exact) mass is 309 g/mol. The van der Waals surface area contributed by atoms with Crippen LogP contribution in [0.25, 0.3) is 0 Å². The fourth-order valence-corrected chi connectivity index (χ4v) is 2.98. The van der Waals surface area contributed by atoms with Gasteiger partial charge >= 0.3 is 5.97 Å². The quantitative estimate of drug-likeness (QED) is 0.643. The highest BCUT2D eigenvalue weighted by atomic mass is 16.5. The van der Waals surface area contributed by atoms with E-state index in [1.54, 1.807) is 6.92 Å². The van der Waals surface area contributed by atoms with Crippen molar-refractivity contribution in [3.05, 3.63) is 65.2 Å². The predicted octanol–water partition coefficient (Wildman–Crippen LogP) is 2.84. The molecule has 0 N–H and O–H groups in total. The molecule has 4 nitrogen and oxygen atoms in total. The number of nitrogens with zero attached hydrogens (tertiary/aromatic N) is 1. The van der Waals surface area contributed by atoms with Gasteiger partial charge in [-0.25, -0.2) is 4.79 Å². The summed E-state index contributed by atoms with van der Waals surface area (Å²) in [6.07, 6.45) is 0.570. The zero-order valence-electron chi connectivity index (χ0n) is 13.3. The third-order valence-corrected chi connectivity index (χ3v) is 4.20. The first-order chi connectivity index (χ1) is 11.1. The highest BCUT2D eigenvalue weighted by Gasteiger charge is 2.33. The fourth-order valence-electron chi connectivity index (χ4n) is 2.98. The molecular weight excluding hydrogens is 290 g/mol. The van der Waals surface area contributed by atoms with Crippen molar-refractivity contribution in [2.45, 2.75) is 19.4 Å². The Labute approximate surface area is 135 Å². The molecule has 0 saturated carbocycles. The molecule has 3 rings (SSSR count). The molecule has 1 aliphatic rings. The van der Waals surface area contributed by atoms with Crippen molar-refractivity contribution in [1.82, 2.24) is 0 Å². The number of fused-ring (bicyclic) bond motifs is 1. The number of likely N-dealkylation sites (N-methyl/N-ethyl adjacent to an activating group) is 1. The molecule has 0 saturated heterocycles. The average molecular weight is 309 g/mol. The molecule has 0 fully saturated rings. The lowest BCUT2D eigenvalue weighted by Gasteiger charge is -2.20. The van der Waals surface area contributed by atoms with Gasteiger partial charge in [0.1, 0.15) is 6.04 Å². The van der Waals surface area contributed by atoms with Crippen LogP contribution in [0.4, 0.5) is 5.69 Å². The van der Waals surface area contributed by atoms with E-state index in [1.807, 2.05) is 60.5 Å². The molecule has 23 heavy (non-hydrogen) atoms. The molecule has 0 radical (unpaired) electrons. The van der Waals surface area contributed by atoms with E-state index in [0.717, 1.165) is 11.3 Å². The van der Waals surface area contributed by atoms with Crippen LogP contribution in [0.1, 0.15) is 28.4 Å². The standard InChI is InChI=1S/C19H19NO3/c1-3-23-19(22)17-12-15-11-14(9-10-16(15)20(17)2)18(21)13-7-5-4-6-8-13/h4-11,17H,3,12H2,1-2H3. The molecule has 0 aromatic heterocycles. The van der Waals surface area contributed by atoms with Gasteiger partial charge in [0.05, 0.1) is 6.61 Å². The van der Waals surface area contributed by atoms with Gasteiger partial charge in [-0.1, -0.05) is 30.3 Å². The van der Waals surface area contributed by atoms with Gasteiger partial charge in [-0.15, -0.1) is 0 Å². The number of ether oxygens (including phenoxy) is 1. The number of carbonyl (C=O) groups is 2. The summed E-state index contributed by atoms with van der Waals surface area (Å²) in [5.74, 6) is -0.224. The normalized spacial score (nSPS) is 16.1. The Hall–Kier alpha value is -2.62. The Morgan fingerprint density at radius 1 is 1.13 bits per heavy atom. The van der Waals surface area contributed by atoms with Gasteiger partial charge in [0, 0.05) is 30.3 Å². The highest BCUT2D eigenvalue weighted by Crippen LogP contribution is 2.32. The van der Waals surface area contributed by atoms with Crippen LogP contribution >= 0.6 is 0 Å². The maximum absolute atomic E-state index is 12.5. The van der Waals surface area contributed by atoms with E-state index < -0.39 is 0 Å². The van der Waals surface area contributed by atoms with Crippen LogP contribution in [0.3, 0.4) is 0 Å². The maximum atomic E-state index is 12.5. The number of rotatable bonds is 4. The highest BCUT2D eigenvalue weighted by molar-refractivity contribution is 6.09. The summed E-state index contributed by atoms with van der Waals surface area (Å²) in [5, 5.41) is 0. The lowest BCUT2D eigenvalue weighted by molar-refractivity contribution is -0.144. The van der Waals surface area contributed by atoms with Gasteiger partial charge < -0.3 is 9.64 Å². The van der Waals surface area contributed by atoms with E-state index in [2.05, 4.69) is 0 Å². The molecule has 1 aliphatic heterocycles. The minimum absolute atomic E-state index is 0.00404. The van der Waals surface area contributed by atoms with Crippen LogP contribution in [0.5, 0.6) is 0 Å². The van der Waals surface area contributed by atoms with E-state index in [9.17, 15) is 9.59 Å². The summed E-state index contributed by atoms with van der Waals surface area (Å²) in [4.78, 5) is 26.5. The van der Waals surface area contributed by atoms with Crippen molar-refractivity contribution in [3.8, 4) is 0 Å². The summed E-state index contributed by atoms with van der Waals surface area (Å²) in [5.41, 5.74) is 3.30. The average Bonchev–Trinajstić information content (AvgIpc) is 2.91. The number of benzene rings is 2. The van der Waals surface area contributed by atoms with Gasteiger partial charge in [0.2, 0.25) is 0 Å². The number of anilines is 1. The van der Waals surface area contributed by atoms with E-state index in [-0.39, 0.29) is 17.8 Å². The van der Waals surface area contributed by atoms with Crippen molar-refractivity contribution in [3.63, 3.8) is 0 Å². The molecule has 0 aliphatic carbocycles. The molecular formula is C19H19NO3. The first-order valence-electron chi connectivity index (χ1n) is 7.74. The topological polar surface area (TPSA) is 46.6 Å². The van der Waals surface area contributed by atoms with Crippen LogP contribution in [0.15, 0.2) is 48.5 Å². The molecule has 0 spiro atoms. The van der Waals surface area contributed by atoms with E-state index in [1.165, 1.54) is 0 Å². The Balaban J connectivity index is 1.87. The van der Waals surface area contributed by atoms with Crippen molar-refractivity contribution in [1.29, 1.82) is 0 Å². The first kappa shape index (κ1) is 15.3. The van der Waals surface area contributed by atoms with E-state index in [4.69, 9.17) is 4.74 Å². The fraction of sp³-hybridized carbons (Fsp3) is 0.263. The first-order valence-corrected chi connectivity index (χ1v) is 7.74. The number of esters is 1. The minimum Gasteiger partial charge on any atom is -0.464 e. The molecule has 4 heteroatoms. The largest absolute Gasteiger partial charge is 0.464 e. The van der Waals surface area contributed by atoms with Gasteiger partial charge in [-0.05, 0) is 30.7 Å². The zero-order chi connectivity index (χ0) is 16.4. The van der Waals surface area contributed by atoms with Gasteiger partial charge in [0.15, 0.2) is 5.78 Å². The Bertz CT molecular complexity index is 740. The van der Waals surface area contributed by atoms with Crippen LogP contribution in [-0.4, -0.2) is 31.4 Å². The maximum Gasteiger partial charge on any atom is 0.329 e. The summed E-state index contributed by atoms with van der Waals surface area (Å²) in [7, 11) is 1.88. The Morgan fingerprint density at radius 3 is 2.57 bits per heavy atom. The number of hydrogen-bond donors (Lipinski definition) is 0. The van der Waals surface area contributed by atoms with Crippen LogP contribution in [0.2, 0.25) is 0 Å². The predicted molar refractivity (Wildman–Crippen MR) is 88.8 cm³/mol. The van der Waals surface area contributed by atoms with Crippen LogP contribution in [0, 0.1) is 0 Å². The number of carbonyl (C=O) groups excluding carboxylic acids is 2. The van der Waals surface area contributed by atoms with Crippen molar-refractivity contribution in [2.75, 3.05) is 18.6 Å². The van der Waals surface area contributed by atoms with E-state index >= 15 is 0 Å². The third-order valence-electron chi connectivity index (χ3n) is 4.20. The molecule has 1 atom stereocenters. The number of hydrogen-bond acceptors (Lipinski definition) is 4. The van der Waals surface area contributed by atoms with Crippen LogP contribution < -0.4 is 4.90 Å².